The lowest BCUT2D eigenvalue weighted by atomic mass is 10.3. The fraction of sp³-hybridized carbons (Fsp3) is 0.429. The second kappa shape index (κ2) is 2.23. The smallest absolute Gasteiger partial charge is 0.120 e. The van der Waals surface area contributed by atoms with Gasteiger partial charge in [0.15, 0.2) is 0 Å². The quantitative estimate of drug-likeness (QED) is 0.619. The van der Waals surface area contributed by atoms with Gasteiger partial charge in [-0.1, -0.05) is 0 Å². The molecule has 0 amide bonds. The van der Waals surface area contributed by atoms with Gasteiger partial charge in [0.25, 0.3) is 0 Å². The van der Waals surface area contributed by atoms with Gasteiger partial charge in [-0.15, -0.1) is 0 Å². The van der Waals surface area contributed by atoms with Crippen LogP contribution in [-0.4, -0.2) is 0 Å². The molecule has 0 bridgehead atoms. The van der Waals surface area contributed by atoms with E-state index < -0.39 is 0 Å². The Morgan fingerprint density at radius 2 is 2.22 bits per heavy atom. The molecule has 0 fully saturated rings. The van der Waals surface area contributed by atoms with Crippen molar-refractivity contribution >= 4 is 0 Å². The highest BCUT2D eigenvalue weighted by molar-refractivity contribution is 5.07. The van der Waals surface area contributed by atoms with Gasteiger partial charge in [0.1, 0.15) is 11.5 Å². The Morgan fingerprint density at radius 3 is 2.44 bits per heavy atom. The Morgan fingerprint density at radius 1 is 1.56 bits per heavy atom. The zero-order valence-electron chi connectivity index (χ0n) is 5.72. The molecular formula is C7H11NO. The van der Waals surface area contributed by atoms with Gasteiger partial charge in [-0.25, -0.2) is 0 Å². The van der Waals surface area contributed by atoms with Crippen LogP contribution in [0.3, 0.4) is 0 Å². The Hall–Kier alpha value is -0.760. The minimum atomic E-state index is 0.0127. The molecule has 2 N–H and O–H groups in total. The number of rotatable bonds is 1. The predicted octanol–water partition coefficient (Wildman–Crippen LogP) is 1.61. The van der Waals surface area contributed by atoms with Crippen LogP contribution in [-0.2, 0) is 0 Å². The van der Waals surface area contributed by atoms with Crippen LogP contribution in [0.15, 0.2) is 16.5 Å². The zero-order valence-corrected chi connectivity index (χ0v) is 5.72. The van der Waals surface area contributed by atoms with Gasteiger partial charge in [0.05, 0.1) is 6.04 Å². The number of hydrogen-bond donors (Lipinski definition) is 1. The van der Waals surface area contributed by atoms with Crippen LogP contribution in [0.2, 0.25) is 0 Å². The van der Waals surface area contributed by atoms with Crippen LogP contribution in [0.5, 0.6) is 0 Å². The molecule has 1 rings (SSSR count). The van der Waals surface area contributed by atoms with E-state index in [1.54, 1.807) is 0 Å². The number of hydrogen-bond acceptors (Lipinski definition) is 2. The van der Waals surface area contributed by atoms with Crippen LogP contribution in [0.25, 0.3) is 0 Å². The molecule has 9 heavy (non-hydrogen) atoms. The highest BCUT2D eigenvalue weighted by Crippen LogP contribution is 2.12. The lowest BCUT2D eigenvalue weighted by molar-refractivity contribution is 0.457. The topological polar surface area (TPSA) is 39.2 Å². The largest absolute Gasteiger partial charge is 0.465 e. The summed E-state index contributed by atoms with van der Waals surface area (Å²) in [5.41, 5.74) is 5.53. The van der Waals surface area contributed by atoms with Gasteiger partial charge in [-0.3, -0.25) is 0 Å². The van der Waals surface area contributed by atoms with Crippen LogP contribution >= 0.6 is 0 Å². The van der Waals surface area contributed by atoms with Crippen LogP contribution in [0.4, 0.5) is 0 Å². The average molecular weight is 125 g/mol. The van der Waals surface area contributed by atoms with E-state index in [9.17, 15) is 0 Å². The lowest BCUT2D eigenvalue weighted by Crippen LogP contribution is -2.02. The molecular weight excluding hydrogens is 114 g/mol. The second-order valence-corrected chi connectivity index (χ2v) is 2.24. The van der Waals surface area contributed by atoms with Crippen molar-refractivity contribution < 1.29 is 4.42 Å². The first-order chi connectivity index (χ1) is 4.20. The summed E-state index contributed by atoms with van der Waals surface area (Å²) in [5, 5.41) is 0. The molecule has 50 valence electrons. The molecule has 0 radical (unpaired) electrons. The highest BCUT2D eigenvalue weighted by atomic mass is 16.3. The van der Waals surface area contributed by atoms with E-state index in [4.69, 9.17) is 10.2 Å². The van der Waals surface area contributed by atoms with Gasteiger partial charge >= 0.3 is 0 Å². The molecule has 0 spiro atoms. The summed E-state index contributed by atoms with van der Waals surface area (Å²) in [6, 6.07) is 3.83. The normalized spacial score (nSPS) is 13.7. The lowest BCUT2D eigenvalue weighted by Gasteiger charge is -1.96. The molecule has 1 atom stereocenters. The van der Waals surface area contributed by atoms with Crippen molar-refractivity contribution in [3.05, 3.63) is 23.7 Å². The van der Waals surface area contributed by atoms with E-state index in [0.717, 1.165) is 11.5 Å². The van der Waals surface area contributed by atoms with Gasteiger partial charge in [-0.2, -0.15) is 0 Å². The van der Waals surface area contributed by atoms with E-state index in [1.807, 2.05) is 26.0 Å². The van der Waals surface area contributed by atoms with Crippen molar-refractivity contribution in [2.24, 2.45) is 5.73 Å². The minimum Gasteiger partial charge on any atom is -0.465 e. The number of nitrogens with two attached hydrogens (primary N) is 1. The summed E-state index contributed by atoms with van der Waals surface area (Å²) in [6.45, 7) is 3.81. The zero-order chi connectivity index (χ0) is 6.85. The van der Waals surface area contributed by atoms with Crippen molar-refractivity contribution in [2.45, 2.75) is 19.9 Å². The molecule has 2 heteroatoms. The van der Waals surface area contributed by atoms with E-state index in [2.05, 4.69) is 0 Å². The molecule has 2 nitrogen and oxygen atoms in total. The molecule has 1 heterocycles. The molecule has 0 saturated carbocycles. The van der Waals surface area contributed by atoms with E-state index in [1.165, 1.54) is 0 Å². The van der Waals surface area contributed by atoms with Gasteiger partial charge in [0.2, 0.25) is 0 Å². The highest BCUT2D eigenvalue weighted by Gasteiger charge is 2.01. The maximum Gasteiger partial charge on any atom is 0.120 e. The third kappa shape index (κ3) is 1.33. The summed E-state index contributed by atoms with van der Waals surface area (Å²) >= 11 is 0. The van der Waals surface area contributed by atoms with Crippen molar-refractivity contribution in [1.82, 2.24) is 0 Å². The van der Waals surface area contributed by atoms with Crippen LogP contribution in [0.1, 0.15) is 24.5 Å². The molecule has 1 aromatic rings. The van der Waals surface area contributed by atoms with E-state index in [-0.39, 0.29) is 6.04 Å². The van der Waals surface area contributed by atoms with Crippen LogP contribution < -0.4 is 5.73 Å². The van der Waals surface area contributed by atoms with Gasteiger partial charge in [0, 0.05) is 0 Å². The predicted molar refractivity (Wildman–Crippen MR) is 36.0 cm³/mol. The summed E-state index contributed by atoms with van der Waals surface area (Å²) in [7, 11) is 0. The maximum atomic E-state index is 5.53. The molecule has 0 saturated heterocycles. The van der Waals surface area contributed by atoms with Crippen molar-refractivity contribution in [2.75, 3.05) is 0 Å². The van der Waals surface area contributed by atoms with Crippen LogP contribution in [0, 0.1) is 6.92 Å². The number of aryl methyl sites for hydroxylation is 1. The minimum absolute atomic E-state index is 0.0127. The summed E-state index contributed by atoms with van der Waals surface area (Å²) < 4.78 is 5.22. The summed E-state index contributed by atoms with van der Waals surface area (Å²) in [4.78, 5) is 0. The first-order valence-electron chi connectivity index (χ1n) is 3.02. The maximum absolute atomic E-state index is 5.53. The molecule has 0 aliphatic heterocycles. The monoisotopic (exact) mass is 125 g/mol. The summed E-state index contributed by atoms with van der Waals surface area (Å²) in [6.07, 6.45) is 0. The third-order valence-electron chi connectivity index (χ3n) is 1.21. The molecule has 1 aromatic heterocycles. The molecule has 0 aliphatic rings. The fourth-order valence-corrected chi connectivity index (χ4v) is 0.698. The summed E-state index contributed by atoms with van der Waals surface area (Å²) in [5.74, 6) is 1.77. The Bertz CT molecular complexity index is 191. The Labute approximate surface area is 54.7 Å². The first-order valence-corrected chi connectivity index (χ1v) is 3.02. The second-order valence-electron chi connectivity index (χ2n) is 2.24. The Kier molecular flexibility index (Phi) is 1.58. The average Bonchev–Trinajstić information content (AvgIpc) is 2.14. The Balaban J connectivity index is 2.85. The standard InChI is InChI=1S/C7H11NO/c1-5-3-4-7(9-5)6(2)8/h3-4,6H,8H2,1-2H3/t6-/m1/s1. The van der Waals surface area contributed by atoms with Crippen molar-refractivity contribution in [1.29, 1.82) is 0 Å². The molecule has 0 aromatic carbocycles. The number of furan rings is 1. The van der Waals surface area contributed by atoms with E-state index >= 15 is 0 Å². The molecule has 0 unspecified atom stereocenters. The third-order valence-corrected chi connectivity index (χ3v) is 1.21. The van der Waals surface area contributed by atoms with Gasteiger partial charge < -0.3 is 10.2 Å². The molecule has 0 aliphatic carbocycles. The van der Waals surface area contributed by atoms with Gasteiger partial charge in [-0.05, 0) is 26.0 Å². The van der Waals surface area contributed by atoms with Crippen molar-refractivity contribution in [3.63, 3.8) is 0 Å². The first kappa shape index (κ1) is 6.36. The van der Waals surface area contributed by atoms with Crippen molar-refractivity contribution in [3.8, 4) is 0 Å². The SMILES string of the molecule is Cc1ccc([C@@H](C)N)o1. The van der Waals surface area contributed by atoms with E-state index in [0.29, 0.717) is 0 Å². The fourth-order valence-electron chi connectivity index (χ4n) is 0.698.